The van der Waals surface area contributed by atoms with Gasteiger partial charge in [0.15, 0.2) is 0 Å². The lowest BCUT2D eigenvalue weighted by atomic mass is 9.95. The first-order valence-corrected chi connectivity index (χ1v) is 8.62. The van der Waals surface area contributed by atoms with E-state index in [1.807, 2.05) is 26.8 Å². The molecule has 1 aliphatic rings. The summed E-state index contributed by atoms with van der Waals surface area (Å²) in [6.45, 7) is 8.19. The van der Waals surface area contributed by atoms with Crippen molar-refractivity contribution < 1.29 is 23.8 Å². The van der Waals surface area contributed by atoms with Gasteiger partial charge in [0, 0.05) is 24.4 Å². The minimum Gasteiger partial charge on any atom is -0.481 e. The summed E-state index contributed by atoms with van der Waals surface area (Å²) >= 11 is 0. The third-order valence-electron chi connectivity index (χ3n) is 3.81. The Morgan fingerprint density at radius 1 is 1.27 bits per heavy atom. The fourth-order valence-corrected chi connectivity index (χ4v) is 2.63. The van der Waals surface area contributed by atoms with Crippen LogP contribution in [0.3, 0.4) is 0 Å². The molecule has 26 heavy (non-hydrogen) atoms. The van der Waals surface area contributed by atoms with E-state index >= 15 is 0 Å². The Kier molecular flexibility index (Phi) is 6.23. The largest absolute Gasteiger partial charge is 0.481 e. The maximum absolute atomic E-state index is 12.4. The van der Waals surface area contributed by atoms with Gasteiger partial charge < -0.3 is 19.1 Å². The molecule has 1 amide bonds. The molecular weight excluding hydrogens is 336 g/mol. The number of carbonyl (C=O) groups is 2. The van der Waals surface area contributed by atoms with Gasteiger partial charge in [-0.1, -0.05) is 0 Å². The number of pyridine rings is 1. The molecule has 7 nitrogen and oxygen atoms in total. The third-order valence-corrected chi connectivity index (χ3v) is 3.81. The Hall–Kier alpha value is -2.57. The highest BCUT2D eigenvalue weighted by Gasteiger charge is 2.30. The normalized spacial score (nSPS) is 14.9. The second kappa shape index (κ2) is 8.21. The van der Waals surface area contributed by atoms with Gasteiger partial charge in [-0.05, 0) is 51.3 Å². The molecule has 0 N–H and O–H groups in total. The van der Waals surface area contributed by atoms with E-state index in [9.17, 15) is 9.59 Å². The molecule has 0 fully saturated rings. The van der Waals surface area contributed by atoms with Crippen molar-refractivity contribution in [3.63, 3.8) is 0 Å². The van der Waals surface area contributed by atoms with Crippen LogP contribution in [0.1, 0.15) is 39.7 Å². The number of carbonyl (C=O) groups excluding carboxylic acids is 2. The highest BCUT2D eigenvalue weighted by atomic mass is 16.6. The minimum atomic E-state index is -0.579. The van der Waals surface area contributed by atoms with E-state index in [4.69, 9.17) is 14.2 Å². The first-order valence-electron chi connectivity index (χ1n) is 8.62. The zero-order chi connectivity index (χ0) is 19.3. The van der Waals surface area contributed by atoms with E-state index in [1.165, 1.54) is 7.11 Å². The van der Waals surface area contributed by atoms with E-state index in [2.05, 4.69) is 4.98 Å². The molecular formula is C19H26N2O5. The number of rotatable bonds is 4. The van der Waals surface area contributed by atoms with Gasteiger partial charge in [-0.25, -0.2) is 14.6 Å². The van der Waals surface area contributed by atoms with Crippen LogP contribution in [-0.4, -0.2) is 54.4 Å². The predicted molar refractivity (Wildman–Crippen MR) is 96.8 cm³/mol. The molecule has 0 aliphatic carbocycles. The second-order valence-electron chi connectivity index (χ2n) is 6.92. The number of ether oxygens (including phenoxy) is 3. The van der Waals surface area contributed by atoms with Crippen molar-refractivity contribution >= 4 is 17.6 Å². The average molecular weight is 362 g/mol. The van der Waals surface area contributed by atoms with Gasteiger partial charge in [-0.3, -0.25) is 0 Å². The Balaban J connectivity index is 2.33. The maximum Gasteiger partial charge on any atom is 0.410 e. The molecule has 1 aromatic heterocycles. The molecule has 2 heterocycles. The molecule has 1 aliphatic heterocycles. The number of hydrogen-bond acceptors (Lipinski definition) is 6. The van der Waals surface area contributed by atoms with Gasteiger partial charge >= 0.3 is 12.1 Å². The van der Waals surface area contributed by atoms with Crippen LogP contribution in [-0.2, 0) is 14.3 Å². The van der Waals surface area contributed by atoms with Gasteiger partial charge in [0.1, 0.15) is 5.60 Å². The molecule has 0 bridgehead atoms. The topological polar surface area (TPSA) is 78.0 Å². The lowest BCUT2D eigenvalue weighted by Gasteiger charge is -2.32. The summed E-state index contributed by atoms with van der Waals surface area (Å²) in [5.41, 5.74) is 1.46. The molecule has 0 unspecified atom stereocenters. The number of hydrogen-bond donors (Lipinski definition) is 0. The summed E-state index contributed by atoms with van der Waals surface area (Å²) in [6.07, 6.45) is 1.63. The molecule has 0 saturated heterocycles. The summed E-state index contributed by atoms with van der Waals surface area (Å²) in [4.78, 5) is 30.6. The van der Waals surface area contributed by atoms with Crippen LogP contribution in [0.15, 0.2) is 23.9 Å². The Morgan fingerprint density at radius 3 is 2.54 bits per heavy atom. The van der Waals surface area contributed by atoms with Gasteiger partial charge in [-0.2, -0.15) is 0 Å². The van der Waals surface area contributed by atoms with Crippen LogP contribution < -0.4 is 4.74 Å². The third kappa shape index (κ3) is 4.97. The Morgan fingerprint density at radius 2 is 2.00 bits per heavy atom. The average Bonchev–Trinajstić information content (AvgIpc) is 2.60. The van der Waals surface area contributed by atoms with Gasteiger partial charge in [0.2, 0.25) is 5.88 Å². The maximum atomic E-state index is 12.4. The summed E-state index contributed by atoms with van der Waals surface area (Å²) in [7, 11) is 1.54. The zero-order valence-corrected chi connectivity index (χ0v) is 16.0. The monoisotopic (exact) mass is 362 g/mol. The molecule has 0 aromatic carbocycles. The predicted octanol–water partition coefficient (Wildman–Crippen LogP) is 3.05. The smallest absolute Gasteiger partial charge is 0.410 e. The summed E-state index contributed by atoms with van der Waals surface area (Å²) in [5.74, 6) is 0.119. The molecule has 0 atom stereocenters. The molecule has 1 aromatic rings. The highest BCUT2D eigenvalue weighted by Crippen LogP contribution is 2.29. The van der Waals surface area contributed by atoms with Crippen LogP contribution in [0.4, 0.5) is 4.79 Å². The van der Waals surface area contributed by atoms with Crippen LogP contribution in [0.25, 0.3) is 5.57 Å². The minimum absolute atomic E-state index is 0.261. The van der Waals surface area contributed by atoms with Crippen LogP contribution >= 0.6 is 0 Å². The van der Waals surface area contributed by atoms with Crippen molar-refractivity contribution in [1.29, 1.82) is 0 Å². The highest BCUT2D eigenvalue weighted by molar-refractivity contribution is 5.99. The van der Waals surface area contributed by atoms with Crippen molar-refractivity contribution in [1.82, 2.24) is 9.88 Å². The van der Waals surface area contributed by atoms with E-state index in [0.717, 1.165) is 11.1 Å². The lowest BCUT2D eigenvalue weighted by molar-refractivity contribution is -0.138. The van der Waals surface area contributed by atoms with Crippen molar-refractivity contribution in [2.45, 2.75) is 39.7 Å². The van der Waals surface area contributed by atoms with Crippen LogP contribution in [0.2, 0.25) is 0 Å². The molecule has 0 spiro atoms. The summed E-state index contributed by atoms with van der Waals surface area (Å²) in [6, 6.07) is 3.54. The van der Waals surface area contributed by atoms with E-state index < -0.39 is 11.7 Å². The molecule has 0 radical (unpaired) electrons. The van der Waals surface area contributed by atoms with Crippen molar-refractivity contribution in [2.24, 2.45) is 0 Å². The molecule has 142 valence electrons. The first kappa shape index (κ1) is 19.8. The fraction of sp³-hybridized carbons (Fsp3) is 0.526. The SMILES string of the molecule is CCOC(=O)C1=C(c2ccc(OC)nc2)CN(C(=O)OC(C)(C)C)CC1. The molecule has 0 saturated carbocycles. The summed E-state index contributed by atoms with van der Waals surface area (Å²) < 4.78 is 15.7. The number of amides is 1. The van der Waals surface area contributed by atoms with Gasteiger partial charge in [0.25, 0.3) is 0 Å². The zero-order valence-electron chi connectivity index (χ0n) is 16.0. The van der Waals surface area contributed by atoms with Crippen molar-refractivity contribution in [3.8, 4) is 5.88 Å². The van der Waals surface area contributed by atoms with Crippen LogP contribution in [0, 0.1) is 0 Å². The standard InChI is InChI=1S/C19H26N2O5/c1-6-25-17(22)14-9-10-21(18(23)26-19(2,3)4)12-15(14)13-7-8-16(24-5)20-11-13/h7-8,11H,6,9-10,12H2,1-5H3. The quantitative estimate of drug-likeness (QED) is 0.766. The van der Waals surface area contributed by atoms with Crippen LogP contribution in [0.5, 0.6) is 5.88 Å². The molecule has 2 rings (SSSR count). The van der Waals surface area contributed by atoms with E-state index in [-0.39, 0.29) is 12.5 Å². The summed E-state index contributed by atoms with van der Waals surface area (Å²) in [5, 5.41) is 0. The number of aromatic nitrogens is 1. The number of esters is 1. The number of methoxy groups -OCH3 is 1. The van der Waals surface area contributed by atoms with Gasteiger partial charge in [-0.15, -0.1) is 0 Å². The van der Waals surface area contributed by atoms with Gasteiger partial charge in [0.05, 0.1) is 20.3 Å². The Labute approximate surface area is 153 Å². The van der Waals surface area contributed by atoms with E-state index in [1.54, 1.807) is 24.1 Å². The second-order valence-corrected chi connectivity index (χ2v) is 6.92. The lowest BCUT2D eigenvalue weighted by Crippen LogP contribution is -2.41. The van der Waals surface area contributed by atoms with Crippen molar-refractivity contribution in [2.75, 3.05) is 26.8 Å². The first-order chi connectivity index (χ1) is 12.2. The van der Waals surface area contributed by atoms with E-state index in [0.29, 0.717) is 31.0 Å². The van der Waals surface area contributed by atoms with Crippen molar-refractivity contribution in [3.05, 3.63) is 29.5 Å². The molecule has 7 heteroatoms. The fourth-order valence-electron chi connectivity index (χ4n) is 2.63. The number of nitrogens with zero attached hydrogens (tertiary/aromatic N) is 2. The Bertz CT molecular complexity index is 689.